The van der Waals surface area contributed by atoms with Gasteiger partial charge in [-0.1, -0.05) is 42.5 Å². The summed E-state index contributed by atoms with van der Waals surface area (Å²) in [6, 6.07) is 16.7. The fraction of sp³-hybridized carbons (Fsp3) is 0.435. The number of rotatable bonds is 7. The van der Waals surface area contributed by atoms with Gasteiger partial charge in [-0.2, -0.15) is 0 Å². The molecule has 0 unspecified atom stereocenters. The lowest BCUT2D eigenvalue weighted by Gasteiger charge is -2.23. The van der Waals surface area contributed by atoms with Gasteiger partial charge in [-0.25, -0.2) is 0 Å². The van der Waals surface area contributed by atoms with Gasteiger partial charge in [0.2, 0.25) is 0 Å². The molecule has 2 atom stereocenters. The third kappa shape index (κ3) is 4.87. The zero-order valence-corrected chi connectivity index (χ0v) is 15.8. The molecule has 2 aromatic carbocycles. The van der Waals surface area contributed by atoms with Crippen LogP contribution in [0, 0.1) is 0 Å². The summed E-state index contributed by atoms with van der Waals surface area (Å²) < 4.78 is 6.03. The first-order valence-corrected chi connectivity index (χ1v) is 9.75. The lowest BCUT2D eigenvalue weighted by Crippen LogP contribution is -2.41. The summed E-state index contributed by atoms with van der Waals surface area (Å²) in [6.07, 6.45) is 6.00. The quantitative estimate of drug-likeness (QED) is 0.799. The van der Waals surface area contributed by atoms with Crippen LogP contribution in [0.5, 0.6) is 5.75 Å². The van der Waals surface area contributed by atoms with Crippen LogP contribution in [0.2, 0.25) is 0 Å². The molecule has 1 aliphatic rings. The van der Waals surface area contributed by atoms with E-state index < -0.39 is 6.10 Å². The molecule has 0 aromatic heterocycles. The van der Waals surface area contributed by atoms with Crippen LogP contribution in [0.3, 0.4) is 0 Å². The average molecular weight is 351 g/mol. The minimum Gasteiger partial charge on any atom is -0.481 e. The highest BCUT2D eigenvalue weighted by Gasteiger charge is 2.20. The summed E-state index contributed by atoms with van der Waals surface area (Å²) in [5, 5.41) is 3.09. The first-order valence-electron chi connectivity index (χ1n) is 9.75. The van der Waals surface area contributed by atoms with E-state index in [4.69, 9.17) is 4.74 Å². The minimum absolute atomic E-state index is 0.0426. The molecule has 26 heavy (non-hydrogen) atoms. The summed E-state index contributed by atoms with van der Waals surface area (Å²) >= 11 is 0. The van der Waals surface area contributed by atoms with Crippen molar-refractivity contribution in [3.63, 3.8) is 0 Å². The molecule has 0 saturated heterocycles. The minimum atomic E-state index is -0.484. The van der Waals surface area contributed by atoms with Crippen molar-refractivity contribution in [2.45, 2.75) is 64.5 Å². The molecule has 3 heteroatoms. The summed E-state index contributed by atoms with van der Waals surface area (Å²) in [5.41, 5.74) is 3.96. The van der Waals surface area contributed by atoms with Gasteiger partial charge in [0.15, 0.2) is 6.10 Å². The highest BCUT2D eigenvalue weighted by Crippen LogP contribution is 2.30. The van der Waals surface area contributed by atoms with Gasteiger partial charge >= 0.3 is 0 Å². The van der Waals surface area contributed by atoms with Crippen molar-refractivity contribution in [2.75, 3.05) is 0 Å². The van der Waals surface area contributed by atoms with Gasteiger partial charge in [0.05, 0.1) is 0 Å². The molecule has 1 aliphatic carbocycles. The lowest BCUT2D eigenvalue weighted by atomic mass is 9.91. The Morgan fingerprint density at radius 1 is 1.04 bits per heavy atom. The second kappa shape index (κ2) is 8.88. The van der Waals surface area contributed by atoms with E-state index in [1.165, 1.54) is 29.5 Å². The van der Waals surface area contributed by atoms with E-state index in [9.17, 15) is 4.79 Å². The predicted octanol–water partition coefficient (Wildman–Crippen LogP) is 4.47. The molecule has 138 valence electrons. The third-order valence-corrected chi connectivity index (χ3v) is 5.12. The molecule has 2 aromatic rings. The average Bonchev–Trinajstić information content (AvgIpc) is 2.67. The smallest absolute Gasteiger partial charge is 0.260 e. The zero-order valence-electron chi connectivity index (χ0n) is 15.8. The maximum absolute atomic E-state index is 12.5. The van der Waals surface area contributed by atoms with Crippen molar-refractivity contribution in [1.29, 1.82) is 0 Å². The Morgan fingerprint density at radius 2 is 1.81 bits per heavy atom. The van der Waals surface area contributed by atoms with Gasteiger partial charge in [-0.05, 0) is 75.1 Å². The van der Waals surface area contributed by atoms with Crippen molar-refractivity contribution >= 4 is 5.91 Å². The molecular weight excluding hydrogens is 322 g/mol. The van der Waals surface area contributed by atoms with Crippen molar-refractivity contribution < 1.29 is 9.53 Å². The fourth-order valence-electron chi connectivity index (χ4n) is 3.56. The molecule has 0 spiro atoms. The van der Waals surface area contributed by atoms with Crippen molar-refractivity contribution in [3.05, 3.63) is 65.2 Å². The number of hydrogen-bond donors (Lipinski definition) is 1. The van der Waals surface area contributed by atoms with Gasteiger partial charge in [0.25, 0.3) is 5.91 Å². The Hall–Kier alpha value is -2.29. The molecule has 0 bridgehead atoms. The lowest BCUT2D eigenvalue weighted by molar-refractivity contribution is -0.127. The van der Waals surface area contributed by atoms with Crippen LogP contribution in [0.1, 0.15) is 49.8 Å². The summed E-state index contributed by atoms with van der Waals surface area (Å²) in [6.45, 7) is 3.89. The summed E-state index contributed by atoms with van der Waals surface area (Å²) in [4.78, 5) is 12.5. The molecule has 0 radical (unpaired) electrons. The van der Waals surface area contributed by atoms with Crippen LogP contribution in [0.4, 0.5) is 0 Å². The van der Waals surface area contributed by atoms with E-state index >= 15 is 0 Å². The van der Waals surface area contributed by atoms with E-state index in [0.29, 0.717) is 0 Å². The number of ether oxygens (including phenoxy) is 1. The summed E-state index contributed by atoms with van der Waals surface area (Å²) in [5.74, 6) is 0.834. The zero-order chi connectivity index (χ0) is 18.4. The molecule has 0 fully saturated rings. The standard InChI is InChI=1S/C23H29NO2/c1-17(15-16-19-9-4-3-5-10-19)24-23(25)18(2)26-22-14-8-12-20-11-6-7-13-21(20)22/h3-5,8-10,12,14,17-18H,6-7,11,13,15-16H2,1-2H3,(H,24,25)/t17-,18+/m1/s1. The van der Waals surface area contributed by atoms with Crippen LogP contribution in [0.15, 0.2) is 48.5 Å². The van der Waals surface area contributed by atoms with E-state index in [1.807, 2.05) is 25.1 Å². The van der Waals surface area contributed by atoms with E-state index in [-0.39, 0.29) is 11.9 Å². The molecule has 0 saturated carbocycles. The van der Waals surface area contributed by atoms with Crippen LogP contribution >= 0.6 is 0 Å². The number of benzene rings is 2. The largest absolute Gasteiger partial charge is 0.481 e. The number of carbonyl (C=O) groups is 1. The predicted molar refractivity (Wildman–Crippen MR) is 106 cm³/mol. The van der Waals surface area contributed by atoms with Gasteiger partial charge in [-0.15, -0.1) is 0 Å². The van der Waals surface area contributed by atoms with Crippen LogP contribution in [-0.4, -0.2) is 18.1 Å². The highest BCUT2D eigenvalue weighted by atomic mass is 16.5. The van der Waals surface area contributed by atoms with Gasteiger partial charge < -0.3 is 10.1 Å². The van der Waals surface area contributed by atoms with Gasteiger partial charge in [0, 0.05) is 6.04 Å². The number of fused-ring (bicyclic) bond motifs is 1. The molecule has 1 N–H and O–H groups in total. The molecule has 3 rings (SSSR count). The second-order valence-corrected chi connectivity index (χ2v) is 7.29. The monoisotopic (exact) mass is 351 g/mol. The van der Waals surface area contributed by atoms with E-state index in [1.54, 1.807) is 0 Å². The molecule has 0 heterocycles. The Balaban J connectivity index is 1.51. The maximum atomic E-state index is 12.5. The third-order valence-electron chi connectivity index (χ3n) is 5.12. The topological polar surface area (TPSA) is 38.3 Å². The number of amides is 1. The molecular formula is C23H29NO2. The number of nitrogens with one attached hydrogen (secondary N) is 1. The van der Waals surface area contributed by atoms with Gasteiger partial charge in [0.1, 0.15) is 5.75 Å². The Bertz CT molecular complexity index is 726. The Morgan fingerprint density at radius 3 is 2.62 bits per heavy atom. The Kier molecular flexibility index (Phi) is 6.32. The van der Waals surface area contributed by atoms with E-state index in [0.717, 1.165) is 31.4 Å². The number of carbonyl (C=O) groups excluding carboxylic acids is 1. The summed E-state index contributed by atoms with van der Waals surface area (Å²) in [7, 11) is 0. The Labute approximate surface area is 156 Å². The van der Waals surface area contributed by atoms with Crippen LogP contribution in [0.25, 0.3) is 0 Å². The first-order chi connectivity index (χ1) is 12.6. The van der Waals surface area contributed by atoms with Crippen LogP contribution in [-0.2, 0) is 24.1 Å². The highest BCUT2D eigenvalue weighted by molar-refractivity contribution is 5.81. The SMILES string of the molecule is C[C@H](CCc1ccccc1)NC(=O)[C@H](C)Oc1cccc2c1CCCC2. The molecule has 1 amide bonds. The first kappa shape index (κ1) is 18.5. The van der Waals surface area contributed by atoms with Crippen molar-refractivity contribution in [1.82, 2.24) is 5.32 Å². The van der Waals surface area contributed by atoms with Crippen molar-refractivity contribution in [2.24, 2.45) is 0 Å². The second-order valence-electron chi connectivity index (χ2n) is 7.29. The number of hydrogen-bond acceptors (Lipinski definition) is 2. The molecule has 0 aliphatic heterocycles. The maximum Gasteiger partial charge on any atom is 0.260 e. The number of aryl methyl sites for hydroxylation is 2. The van der Waals surface area contributed by atoms with Gasteiger partial charge in [-0.3, -0.25) is 4.79 Å². The molecule has 3 nitrogen and oxygen atoms in total. The van der Waals surface area contributed by atoms with Crippen LogP contribution < -0.4 is 10.1 Å². The van der Waals surface area contributed by atoms with Crippen molar-refractivity contribution in [3.8, 4) is 5.75 Å². The fourth-order valence-corrected chi connectivity index (χ4v) is 3.56. The normalized spacial score (nSPS) is 15.6. The van der Waals surface area contributed by atoms with E-state index in [2.05, 4.69) is 42.6 Å².